The molecule has 0 aliphatic carbocycles. The van der Waals surface area contributed by atoms with Gasteiger partial charge in [0.25, 0.3) is 0 Å². The molecule has 690 valence electrons. The van der Waals surface area contributed by atoms with Gasteiger partial charge in [0, 0.05) is 83.0 Å². The number of benzene rings is 15. The molecule has 0 aliphatic rings. The van der Waals surface area contributed by atoms with Gasteiger partial charge in [-0.1, -0.05) is 522 Å². The first-order valence-electron chi connectivity index (χ1n) is 47.4. The van der Waals surface area contributed by atoms with Gasteiger partial charge in [0.2, 0.25) is 0 Å². The molecule has 0 unspecified atom stereocenters. The van der Waals surface area contributed by atoms with Crippen molar-refractivity contribution in [2.45, 2.75) is 131 Å². The predicted molar refractivity (Wildman–Crippen MR) is 574 cm³/mol. The largest absolute Gasteiger partial charge is 0.212 e. The van der Waals surface area contributed by atoms with Gasteiger partial charge in [0.05, 0.1) is 0 Å². The molecule has 140 heavy (non-hydrogen) atoms. The van der Waals surface area contributed by atoms with Gasteiger partial charge in [0.15, 0.2) is 69.9 Å². The van der Waals surface area contributed by atoms with Crippen LogP contribution in [-0.2, 0) is 27.1 Å². The fourth-order valence-electron chi connectivity index (χ4n) is 15.1. The Labute approximate surface area is 823 Å². The smallest absolute Gasteiger partial charge is 0.164 e. The van der Waals surface area contributed by atoms with Crippen molar-refractivity contribution in [3.8, 4) is 170 Å². The molecule has 0 radical (unpaired) electrons. The molecule has 0 amide bonds. The second-order valence-corrected chi connectivity index (χ2v) is 39.3. The van der Waals surface area contributed by atoms with Crippen LogP contribution in [0.1, 0.15) is 132 Å². The Morgan fingerprint density at radius 2 is 0.243 bits per heavy atom. The second kappa shape index (κ2) is 43.6. The Balaban J connectivity index is 0.000000127. The average Bonchev–Trinajstić information content (AvgIpc) is 0.794. The van der Waals surface area contributed by atoms with Gasteiger partial charge in [-0.25, -0.2) is 74.8 Å². The fourth-order valence-corrected chi connectivity index (χ4v) is 15.1. The molecule has 5 heterocycles. The molecular weight excluding hydrogens is 1710 g/mol. The predicted octanol–water partition coefficient (Wildman–Crippen LogP) is 30.9. The Morgan fingerprint density at radius 1 is 0.107 bits per heavy atom. The Kier molecular flexibility index (Phi) is 30.0. The molecule has 20 rings (SSSR count). The quantitative estimate of drug-likeness (QED) is 0.0940. The average molecular weight is 1830 g/mol. The molecule has 0 bridgehead atoms. The number of hydrogen-bond acceptors (Lipinski definition) is 15. The maximum absolute atomic E-state index is 4.87. The molecule has 0 spiro atoms. The summed E-state index contributed by atoms with van der Waals surface area (Å²) >= 11 is 0. The molecule has 0 saturated heterocycles. The van der Waals surface area contributed by atoms with Crippen LogP contribution in [0.25, 0.3) is 170 Å². The van der Waals surface area contributed by atoms with Crippen molar-refractivity contribution in [2.75, 3.05) is 0 Å². The van der Waals surface area contributed by atoms with E-state index in [2.05, 4.69) is 313 Å². The van der Waals surface area contributed by atoms with Crippen molar-refractivity contribution in [2.24, 2.45) is 0 Å². The van der Waals surface area contributed by atoms with Gasteiger partial charge in [-0.05, 0) is 61.4 Å². The molecule has 0 fully saturated rings. The Morgan fingerprint density at radius 3 is 0.421 bits per heavy atom. The van der Waals surface area contributed by atoms with Crippen LogP contribution in [0.3, 0.4) is 0 Å². The summed E-state index contributed by atoms with van der Waals surface area (Å²) in [6.45, 7) is 32.4. The summed E-state index contributed by atoms with van der Waals surface area (Å²) in [6, 6.07) is 144. The van der Waals surface area contributed by atoms with Crippen molar-refractivity contribution < 1.29 is 0 Å². The fraction of sp³-hybridized carbons (Fsp3) is 0.160. The third-order valence-electron chi connectivity index (χ3n) is 23.2. The lowest BCUT2D eigenvalue weighted by Gasteiger charge is -2.19. The highest BCUT2D eigenvalue weighted by molar-refractivity contribution is 5.75. The minimum atomic E-state index is -0.194. The van der Waals surface area contributed by atoms with E-state index < -0.39 is 0 Å². The van der Waals surface area contributed by atoms with Gasteiger partial charge in [-0.15, -0.1) is 0 Å². The van der Waals surface area contributed by atoms with E-state index in [9.17, 15) is 0 Å². The molecule has 15 heteroatoms. The zero-order chi connectivity index (χ0) is 97.8. The molecular formula is C125H115N15. The minimum Gasteiger partial charge on any atom is -0.212 e. The number of hydrogen-bond donors (Lipinski definition) is 0. The first kappa shape index (κ1) is 96.5. The summed E-state index contributed by atoms with van der Waals surface area (Å²) in [5.41, 5.74) is 21.2. The van der Waals surface area contributed by atoms with Crippen LogP contribution in [0.5, 0.6) is 0 Å². The van der Waals surface area contributed by atoms with Gasteiger partial charge < -0.3 is 0 Å². The highest BCUT2D eigenvalue weighted by Crippen LogP contribution is 2.37. The lowest BCUT2D eigenvalue weighted by Crippen LogP contribution is -2.18. The van der Waals surface area contributed by atoms with E-state index in [-0.39, 0.29) is 27.1 Å². The molecule has 5 aromatic heterocycles. The van der Waals surface area contributed by atoms with E-state index in [1.54, 1.807) is 0 Å². The summed E-state index contributed by atoms with van der Waals surface area (Å²) < 4.78 is 0. The zero-order valence-corrected chi connectivity index (χ0v) is 82.1. The minimum absolute atomic E-state index is 0.0631. The summed E-state index contributed by atoms with van der Waals surface area (Å²) in [4.78, 5) is 71.5. The van der Waals surface area contributed by atoms with E-state index in [1.807, 2.05) is 231 Å². The van der Waals surface area contributed by atoms with Gasteiger partial charge >= 0.3 is 0 Å². The van der Waals surface area contributed by atoms with Crippen molar-refractivity contribution in [3.63, 3.8) is 0 Å². The van der Waals surface area contributed by atoms with Crippen LogP contribution in [-0.4, -0.2) is 74.8 Å². The van der Waals surface area contributed by atoms with E-state index in [0.29, 0.717) is 58.2 Å². The van der Waals surface area contributed by atoms with E-state index in [1.165, 1.54) is 44.5 Å². The maximum Gasteiger partial charge on any atom is 0.164 e. The number of rotatable bonds is 15. The summed E-state index contributed by atoms with van der Waals surface area (Å²) in [6.07, 6.45) is 0. The highest BCUT2D eigenvalue weighted by Gasteiger charge is 2.27. The molecule has 0 atom stereocenters. The topological polar surface area (TPSA) is 193 Å². The SMILES string of the molecule is CC(C)(C)c1ccc(-c2nc(-c3ccccc3)nc(-c3ccccc3)n2)cc1.CC(C)(C)c1cccc(-c2nc(-c3ccccc3)nc(-c3ccccc3)n2)c1.CC(C)(C)c1nc(-c2ccc(-c3ccccc3)cc2)nc(-c2ccc(-c3ccccc3)cc2)n1.CC(C)(C)c1nc(-c2ccccc2)nc(-c2ccc(-c3ccccc3)cc2)n1.CC(C)(C)c1nc(-c2ccccc2)nc(-c2ccccc2)n1. The lowest BCUT2D eigenvalue weighted by molar-refractivity contribution is 0.543. The normalized spacial score (nSPS) is 11.4. The molecule has 0 N–H and O–H groups in total. The maximum atomic E-state index is 4.87. The second-order valence-electron chi connectivity index (χ2n) is 39.3. The van der Waals surface area contributed by atoms with Crippen molar-refractivity contribution in [3.05, 3.63) is 453 Å². The van der Waals surface area contributed by atoms with Crippen molar-refractivity contribution >= 4 is 0 Å². The van der Waals surface area contributed by atoms with Crippen molar-refractivity contribution in [1.82, 2.24) is 74.8 Å². The Bertz CT molecular complexity index is 7150. The summed E-state index contributed by atoms with van der Waals surface area (Å²) in [5.74, 6) is 10.8. The van der Waals surface area contributed by atoms with Crippen LogP contribution >= 0.6 is 0 Å². The first-order valence-corrected chi connectivity index (χ1v) is 47.4. The molecule has 0 saturated carbocycles. The first-order chi connectivity index (χ1) is 67.5. The third-order valence-corrected chi connectivity index (χ3v) is 23.2. The summed E-state index contributed by atoms with van der Waals surface area (Å²) in [7, 11) is 0. The van der Waals surface area contributed by atoms with Gasteiger partial charge in [-0.2, -0.15) is 0 Å². The molecule has 15 nitrogen and oxygen atoms in total. The molecule has 20 aromatic rings. The van der Waals surface area contributed by atoms with Crippen LogP contribution in [0.15, 0.2) is 425 Å². The van der Waals surface area contributed by atoms with Crippen LogP contribution in [0, 0.1) is 0 Å². The Hall–Kier alpha value is -16.7. The van der Waals surface area contributed by atoms with Crippen molar-refractivity contribution in [1.29, 1.82) is 0 Å². The molecule has 15 aromatic carbocycles. The van der Waals surface area contributed by atoms with Crippen LogP contribution in [0.2, 0.25) is 0 Å². The lowest BCUT2D eigenvalue weighted by atomic mass is 9.86. The summed E-state index contributed by atoms with van der Waals surface area (Å²) in [5, 5.41) is 0. The van der Waals surface area contributed by atoms with E-state index in [4.69, 9.17) is 59.8 Å². The van der Waals surface area contributed by atoms with Crippen LogP contribution < -0.4 is 0 Å². The van der Waals surface area contributed by atoms with Gasteiger partial charge in [-0.3, -0.25) is 0 Å². The van der Waals surface area contributed by atoms with Crippen LogP contribution in [0.4, 0.5) is 0 Å². The van der Waals surface area contributed by atoms with E-state index >= 15 is 0 Å². The standard InChI is InChI=1S/C31H27N3.3C25H23N3.C19H19N3/c1-31(2,3)30-33-28(26-18-14-24(15-19-26)22-10-6-4-7-11-22)32-29(34-30)27-20-16-25(17-21-27)23-12-8-5-9-13-23;1-25(2,3)21-16-10-15-20(17-21)24-27-22(18-11-6-4-7-12-18)26-23(28-24)19-13-8-5-9-14-19;1-25(2,3)24-27-22(20-12-8-5-9-13-20)26-23(28-24)21-16-14-19(15-17-21)18-10-6-4-7-11-18;1-25(2,3)21-16-14-20(15-17-21)24-27-22(18-10-6-4-7-11-18)26-23(28-24)19-12-8-5-9-13-19;1-19(2,3)18-21-16(14-10-6-4-7-11-14)20-17(22-18)15-12-8-5-9-13-15/h4-21H,1-3H3;3*4-17H,1-3H3;4-13H,1-3H3. The number of nitrogens with zero attached hydrogens (tertiary/aromatic N) is 15. The number of aromatic nitrogens is 15. The zero-order valence-electron chi connectivity index (χ0n) is 82.1. The third kappa shape index (κ3) is 25.3. The monoisotopic (exact) mass is 1830 g/mol. The highest BCUT2D eigenvalue weighted by atomic mass is 15.1. The van der Waals surface area contributed by atoms with E-state index in [0.717, 1.165) is 95.9 Å². The molecule has 0 aliphatic heterocycles. The van der Waals surface area contributed by atoms with Gasteiger partial charge in [0.1, 0.15) is 17.5 Å².